The molecule has 2 aliphatic carbocycles. The molecule has 1 heterocycles. The van der Waals surface area contributed by atoms with Crippen LogP contribution >= 0.6 is 0 Å². The van der Waals surface area contributed by atoms with Gasteiger partial charge in [0, 0.05) is 11.8 Å². The third-order valence-electron chi connectivity index (χ3n) is 7.16. The maximum atomic E-state index is 13.2. The van der Waals surface area contributed by atoms with Crippen molar-refractivity contribution in [1.82, 2.24) is 0 Å². The molecule has 0 aromatic carbocycles. The SMILES string of the molecule is CCC(C)(C)C(CC(C)(C)C)C(=O)OC1C2CC3C(=O)OC1C3C2C. The van der Waals surface area contributed by atoms with Gasteiger partial charge in [0.1, 0.15) is 12.2 Å². The Labute approximate surface area is 152 Å². The van der Waals surface area contributed by atoms with E-state index in [-0.39, 0.29) is 58.6 Å². The average Bonchev–Trinajstić information content (AvgIpc) is 3.04. The summed E-state index contributed by atoms with van der Waals surface area (Å²) < 4.78 is 11.7. The van der Waals surface area contributed by atoms with E-state index < -0.39 is 0 Å². The molecule has 1 saturated heterocycles. The number of carbonyl (C=O) groups is 2. The molecule has 142 valence electrons. The Bertz CT molecular complexity index is 559. The Morgan fingerprint density at radius 2 is 1.92 bits per heavy atom. The number of ether oxygens (including phenoxy) is 2. The summed E-state index contributed by atoms with van der Waals surface area (Å²) >= 11 is 0. The zero-order valence-corrected chi connectivity index (χ0v) is 16.8. The van der Waals surface area contributed by atoms with Crippen molar-refractivity contribution in [3.8, 4) is 0 Å². The topological polar surface area (TPSA) is 52.6 Å². The van der Waals surface area contributed by atoms with Crippen LogP contribution in [0.2, 0.25) is 0 Å². The number of fused-ring (bicyclic) bond motifs is 1. The van der Waals surface area contributed by atoms with Crippen molar-refractivity contribution < 1.29 is 19.1 Å². The second-order valence-electron chi connectivity index (χ2n) is 10.4. The molecule has 4 heteroatoms. The number of hydrogen-bond donors (Lipinski definition) is 0. The van der Waals surface area contributed by atoms with Crippen LogP contribution in [0, 0.1) is 40.4 Å². The molecule has 0 N–H and O–H groups in total. The van der Waals surface area contributed by atoms with Crippen LogP contribution < -0.4 is 0 Å². The van der Waals surface area contributed by atoms with Gasteiger partial charge in [0.05, 0.1) is 11.8 Å². The minimum absolute atomic E-state index is 0.0393. The Morgan fingerprint density at radius 1 is 1.28 bits per heavy atom. The molecule has 3 fully saturated rings. The summed E-state index contributed by atoms with van der Waals surface area (Å²) in [6.45, 7) is 15.1. The summed E-state index contributed by atoms with van der Waals surface area (Å²) in [6, 6.07) is 0. The van der Waals surface area contributed by atoms with Crippen molar-refractivity contribution in [2.75, 3.05) is 0 Å². The summed E-state index contributed by atoms with van der Waals surface area (Å²) in [7, 11) is 0. The van der Waals surface area contributed by atoms with E-state index in [1.54, 1.807) is 0 Å². The van der Waals surface area contributed by atoms with E-state index in [9.17, 15) is 9.59 Å². The minimum Gasteiger partial charge on any atom is -0.458 e. The maximum absolute atomic E-state index is 13.2. The maximum Gasteiger partial charge on any atom is 0.309 e. The molecule has 2 bridgehead atoms. The number of esters is 2. The third kappa shape index (κ3) is 3.10. The van der Waals surface area contributed by atoms with Crippen molar-refractivity contribution in [2.24, 2.45) is 40.4 Å². The average molecular weight is 350 g/mol. The largest absolute Gasteiger partial charge is 0.458 e. The fourth-order valence-electron chi connectivity index (χ4n) is 5.27. The first-order chi connectivity index (χ1) is 11.5. The molecule has 3 aliphatic rings. The van der Waals surface area contributed by atoms with E-state index in [4.69, 9.17) is 9.47 Å². The summed E-state index contributed by atoms with van der Waals surface area (Å²) in [5.74, 6) is 0.636. The van der Waals surface area contributed by atoms with E-state index in [0.717, 1.165) is 19.3 Å². The molecule has 3 rings (SSSR count). The van der Waals surface area contributed by atoms with Crippen LogP contribution in [0.25, 0.3) is 0 Å². The van der Waals surface area contributed by atoms with Crippen LogP contribution in [-0.2, 0) is 19.1 Å². The van der Waals surface area contributed by atoms with Crippen molar-refractivity contribution in [3.63, 3.8) is 0 Å². The minimum atomic E-state index is -0.245. The zero-order chi connectivity index (χ0) is 18.7. The molecule has 0 aromatic heterocycles. The van der Waals surface area contributed by atoms with E-state index in [1.165, 1.54) is 0 Å². The van der Waals surface area contributed by atoms with Gasteiger partial charge < -0.3 is 9.47 Å². The zero-order valence-electron chi connectivity index (χ0n) is 16.8. The highest BCUT2D eigenvalue weighted by Crippen LogP contribution is 2.59. The fourth-order valence-corrected chi connectivity index (χ4v) is 5.27. The molecule has 25 heavy (non-hydrogen) atoms. The standard InChI is InChI=1S/C21H34O4/c1-8-21(6,7)14(10-20(3,4)5)19(23)24-16-12-9-13-15(11(12)2)17(16)25-18(13)22/h11-17H,8-10H2,1-7H3. The second-order valence-corrected chi connectivity index (χ2v) is 10.4. The summed E-state index contributed by atoms with van der Waals surface area (Å²) in [5, 5.41) is 0. The first-order valence-corrected chi connectivity index (χ1v) is 9.87. The predicted molar refractivity (Wildman–Crippen MR) is 95.6 cm³/mol. The molecule has 0 radical (unpaired) electrons. The highest BCUT2D eigenvalue weighted by Gasteiger charge is 2.67. The van der Waals surface area contributed by atoms with Crippen LogP contribution in [0.5, 0.6) is 0 Å². The molecule has 1 aliphatic heterocycles. The number of rotatable bonds is 5. The van der Waals surface area contributed by atoms with Crippen molar-refractivity contribution in [1.29, 1.82) is 0 Å². The van der Waals surface area contributed by atoms with Gasteiger partial charge in [-0.25, -0.2) is 0 Å². The first kappa shape index (κ1) is 18.7. The van der Waals surface area contributed by atoms with Gasteiger partial charge in [-0.15, -0.1) is 0 Å². The molecule has 2 saturated carbocycles. The van der Waals surface area contributed by atoms with Gasteiger partial charge in [0.2, 0.25) is 0 Å². The second kappa shape index (κ2) is 5.99. The monoisotopic (exact) mass is 350 g/mol. The lowest BCUT2D eigenvalue weighted by molar-refractivity contribution is -0.171. The van der Waals surface area contributed by atoms with Gasteiger partial charge in [0.25, 0.3) is 0 Å². The Kier molecular flexibility index (Phi) is 4.49. The lowest BCUT2D eigenvalue weighted by Gasteiger charge is -2.37. The third-order valence-corrected chi connectivity index (χ3v) is 7.16. The van der Waals surface area contributed by atoms with E-state index in [0.29, 0.717) is 5.92 Å². The molecule has 0 aromatic rings. The summed E-state index contributed by atoms with van der Waals surface area (Å²) in [6.07, 6.45) is 2.09. The highest BCUT2D eigenvalue weighted by atomic mass is 16.6. The molecule has 0 amide bonds. The quantitative estimate of drug-likeness (QED) is 0.697. The molecule has 7 atom stereocenters. The smallest absolute Gasteiger partial charge is 0.309 e. The first-order valence-electron chi connectivity index (χ1n) is 9.87. The Balaban J connectivity index is 1.77. The van der Waals surface area contributed by atoms with Gasteiger partial charge in [-0.3, -0.25) is 9.59 Å². The van der Waals surface area contributed by atoms with Crippen LogP contribution in [0.1, 0.15) is 67.7 Å². The van der Waals surface area contributed by atoms with Gasteiger partial charge in [-0.2, -0.15) is 0 Å². The van der Waals surface area contributed by atoms with Gasteiger partial charge in [-0.1, -0.05) is 54.9 Å². The Morgan fingerprint density at radius 3 is 2.48 bits per heavy atom. The molecule has 0 spiro atoms. The fraction of sp³-hybridized carbons (Fsp3) is 0.905. The molecular formula is C21H34O4. The van der Waals surface area contributed by atoms with Crippen molar-refractivity contribution in [2.45, 2.75) is 79.9 Å². The van der Waals surface area contributed by atoms with E-state index >= 15 is 0 Å². The van der Waals surface area contributed by atoms with Crippen molar-refractivity contribution >= 4 is 11.9 Å². The van der Waals surface area contributed by atoms with Crippen molar-refractivity contribution in [3.05, 3.63) is 0 Å². The normalized spacial score (nSPS) is 38.0. The van der Waals surface area contributed by atoms with E-state index in [1.807, 2.05) is 0 Å². The predicted octanol–water partition coefficient (Wildman–Crippen LogP) is 4.21. The number of hydrogen-bond acceptors (Lipinski definition) is 4. The summed E-state index contributed by atoms with van der Waals surface area (Å²) in [5.41, 5.74) is -0.0501. The van der Waals surface area contributed by atoms with Crippen LogP contribution in [0.4, 0.5) is 0 Å². The van der Waals surface area contributed by atoms with Crippen LogP contribution in [-0.4, -0.2) is 24.1 Å². The summed E-state index contributed by atoms with van der Waals surface area (Å²) in [4.78, 5) is 25.2. The van der Waals surface area contributed by atoms with Gasteiger partial charge >= 0.3 is 11.9 Å². The Hall–Kier alpha value is -1.06. The lowest BCUT2D eigenvalue weighted by atomic mass is 9.70. The lowest BCUT2D eigenvalue weighted by Crippen LogP contribution is -2.41. The highest BCUT2D eigenvalue weighted by molar-refractivity contribution is 5.78. The van der Waals surface area contributed by atoms with Crippen LogP contribution in [0.3, 0.4) is 0 Å². The molecule has 7 unspecified atom stereocenters. The van der Waals surface area contributed by atoms with Crippen LogP contribution in [0.15, 0.2) is 0 Å². The molecule has 4 nitrogen and oxygen atoms in total. The van der Waals surface area contributed by atoms with E-state index in [2.05, 4.69) is 48.5 Å². The number of carbonyl (C=O) groups excluding carboxylic acids is 2. The van der Waals surface area contributed by atoms with Gasteiger partial charge in [0.15, 0.2) is 0 Å². The molecular weight excluding hydrogens is 316 g/mol. The van der Waals surface area contributed by atoms with Gasteiger partial charge in [-0.05, 0) is 29.6 Å².